The number of rotatable bonds is 5. The first-order valence-corrected chi connectivity index (χ1v) is 11.9. The van der Waals surface area contributed by atoms with Crippen molar-refractivity contribution in [1.29, 1.82) is 0 Å². The summed E-state index contributed by atoms with van der Waals surface area (Å²) in [6.07, 6.45) is 9.41. The van der Waals surface area contributed by atoms with E-state index in [1.54, 1.807) is 0 Å². The molecule has 0 N–H and O–H groups in total. The Morgan fingerprint density at radius 3 is 2.28 bits per heavy atom. The first kappa shape index (κ1) is 20.7. The minimum absolute atomic E-state index is 0.404. The number of anilines is 1. The zero-order chi connectivity index (χ0) is 20.2. The SMILES string of the molecule is Cc1cc(C)cc(N2CCC(N3CCC[C@@H](CCC(=O)N4CCCC4)C3)CC2)c1. The fraction of sp³-hybridized carbons (Fsp3) is 0.720. The topological polar surface area (TPSA) is 26.8 Å². The lowest BCUT2D eigenvalue weighted by molar-refractivity contribution is -0.130. The van der Waals surface area contributed by atoms with Gasteiger partial charge < -0.3 is 9.80 Å². The summed E-state index contributed by atoms with van der Waals surface area (Å²) in [4.78, 5) is 19.8. The summed E-state index contributed by atoms with van der Waals surface area (Å²) in [6, 6.07) is 7.66. The van der Waals surface area contributed by atoms with Crippen LogP contribution in [0.2, 0.25) is 0 Å². The van der Waals surface area contributed by atoms with Crippen LogP contribution in [0, 0.1) is 19.8 Å². The Labute approximate surface area is 177 Å². The number of likely N-dealkylation sites (tertiary alicyclic amines) is 2. The molecule has 0 aliphatic carbocycles. The standard InChI is InChI=1S/C25H39N3O/c1-20-16-21(2)18-24(17-20)26-14-9-23(10-15-26)28-13-5-6-22(19-28)7-8-25(29)27-11-3-4-12-27/h16-18,22-23H,3-15,19H2,1-2H3/t22-/m0/s1. The molecule has 4 heteroatoms. The second kappa shape index (κ2) is 9.51. The number of hydrogen-bond donors (Lipinski definition) is 0. The lowest BCUT2D eigenvalue weighted by atomic mass is 9.90. The predicted molar refractivity (Wildman–Crippen MR) is 120 cm³/mol. The predicted octanol–water partition coefficient (Wildman–Crippen LogP) is 4.39. The maximum Gasteiger partial charge on any atom is 0.222 e. The van der Waals surface area contributed by atoms with Crippen LogP contribution >= 0.6 is 0 Å². The molecule has 4 nitrogen and oxygen atoms in total. The van der Waals surface area contributed by atoms with Gasteiger partial charge in [0.1, 0.15) is 0 Å². The zero-order valence-electron chi connectivity index (χ0n) is 18.5. The highest BCUT2D eigenvalue weighted by molar-refractivity contribution is 5.76. The van der Waals surface area contributed by atoms with Gasteiger partial charge in [-0.25, -0.2) is 0 Å². The van der Waals surface area contributed by atoms with Gasteiger partial charge >= 0.3 is 0 Å². The summed E-state index contributed by atoms with van der Waals surface area (Å²) in [6.45, 7) is 11.2. The van der Waals surface area contributed by atoms with Gasteiger partial charge in [-0.3, -0.25) is 9.69 Å². The number of aryl methyl sites for hydroxylation is 2. The van der Waals surface area contributed by atoms with Gasteiger partial charge in [0.2, 0.25) is 5.91 Å². The Morgan fingerprint density at radius 2 is 1.59 bits per heavy atom. The number of piperidine rings is 2. The molecule has 1 aromatic carbocycles. The molecule has 1 atom stereocenters. The number of benzene rings is 1. The molecule has 4 rings (SSSR count). The van der Waals surface area contributed by atoms with E-state index in [4.69, 9.17) is 0 Å². The first-order valence-electron chi connectivity index (χ1n) is 11.9. The van der Waals surface area contributed by atoms with Crippen molar-refractivity contribution >= 4 is 11.6 Å². The maximum atomic E-state index is 12.4. The number of carbonyl (C=O) groups excluding carboxylic acids is 1. The molecule has 0 bridgehead atoms. The van der Waals surface area contributed by atoms with E-state index >= 15 is 0 Å². The summed E-state index contributed by atoms with van der Waals surface area (Å²) in [5.74, 6) is 1.12. The van der Waals surface area contributed by atoms with E-state index in [-0.39, 0.29) is 0 Å². The van der Waals surface area contributed by atoms with Crippen LogP contribution in [0.5, 0.6) is 0 Å². The summed E-state index contributed by atoms with van der Waals surface area (Å²) in [5, 5.41) is 0. The number of hydrogen-bond acceptors (Lipinski definition) is 3. The van der Waals surface area contributed by atoms with Gasteiger partial charge in [0.15, 0.2) is 0 Å². The zero-order valence-corrected chi connectivity index (χ0v) is 18.5. The second-order valence-corrected chi connectivity index (χ2v) is 9.69. The molecular weight excluding hydrogens is 358 g/mol. The molecule has 0 spiro atoms. The van der Waals surface area contributed by atoms with E-state index in [1.807, 2.05) is 0 Å². The average Bonchev–Trinajstić information content (AvgIpc) is 3.27. The first-order chi connectivity index (χ1) is 14.1. The van der Waals surface area contributed by atoms with E-state index in [0.717, 1.165) is 32.0 Å². The quantitative estimate of drug-likeness (QED) is 0.737. The van der Waals surface area contributed by atoms with Crippen molar-refractivity contribution in [2.45, 2.75) is 71.3 Å². The molecule has 29 heavy (non-hydrogen) atoms. The van der Waals surface area contributed by atoms with Gasteiger partial charge in [-0.05, 0) is 94.5 Å². The Balaban J connectivity index is 1.24. The van der Waals surface area contributed by atoms with Crippen molar-refractivity contribution in [1.82, 2.24) is 9.80 Å². The van der Waals surface area contributed by atoms with Gasteiger partial charge in [-0.1, -0.05) is 6.07 Å². The van der Waals surface area contributed by atoms with Crippen molar-refractivity contribution in [2.75, 3.05) is 44.2 Å². The van der Waals surface area contributed by atoms with Crippen LogP contribution in [-0.4, -0.2) is 61.0 Å². The minimum atomic E-state index is 0.404. The Hall–Kier alpha value is -1.55. The van der Waals surface area contributed by atoms with Crippen LogP contribution in [0.4, 0.5) is 5.69 Å². The molecule has 3 aliphatic rings. The van der Waals surface area contributed by atoms with Crippen LogP contribution in [0.25, 0.3) is 0 Å². The Kier molecular flexibility index (Phi) is 6.79. The van der Waals surface area contributed by atoms with Crippen LogP contribution in [0.15, 0.2) is 18.2 Å². The molecule has 160 valence electrons. The number of amides is 1. The molecule has 3 heterocycles. The third kappa shape index (κ3) is 5.33. The molecule has 0 radical (unpaired) electrons. The number of nitrogens with zero attached hydrogens (tertiary/aromatic N) is 3. The molecule has 3 aliphatic heterocycles. The smallest absolute Gasteiger partial charge is 0.222 e. The fourth-order valence-electron chi connectivity index (χ4n) is 5.74. The highest BCUT2D eigenvalue weighted by atomic mass is 16.2. The van der Waals surface area contributed by atoms with Gasteiger partial charge in [-0.2, -0.15) is 0 Å². The monoisotopic (exact) mass is 397 g/mol. The molecule has 3 fully saturated rings. The van der Waals surface area contributed by atoms with Gasteiger partial charge in [-0.15, -0.1) is 0 Å². The van der Waals surface area contributed by atoms with Crippen LogP contribution < -0.4 is 4.90 Å². The van der Waals surface area contributed by atoms with Gasteiger partial charge in [0, 0.05) is 50.9 Å². The third-order valence-corrected chi connectivity index (χ3v) is 7.33. The largest absolute Gasteiger partial charge is 0.371 e. The molecule has 1 amide bonds. The number of carbonyl (C=O) groups is 1. The molecule has 0 aromatic heterocycles. The summed E-state index contributed by atoms with van der Waals surface area (Å²) in [5.41, 5.74) is 4.13. The van der Waals surface area contributed by atoms with Crippen molar-refractivity contribution < 1.29 is 4.79 Å². The van der Waals surface area contributed by atoms with Crippen molar-refractivity contribution in [3.63, 3.8) is 0 Å². The average molecular weight is 398 g/mol. The summed E-state index contributed by atoms with van der Waals surface area (Å²) >= 11 is 0. The van der Waals surface area contributed by atoms with E-state index < -0.39 is 0 Å². The van der Waals surface area contributed by atoms with E-state index in [0.29, 0.717) is 11.8 Å². The minimum Gasteiger partial charge on any atom is -0.371 e. The van der Waals surface area contributed by atoms with Crippen LogP contribution in [0.3, 0.4) is 0 Å². The van der Waals surface area contributed by atoms with E-state index in [9.17, 15) is 4.79 Å². The molecular formula is C25H39N3O. The van der Waals surface area contributed by atoms with E-state index in [1.165, 1.54) is 81.5 Å². The van der Waals surface area contributed by atoms with Crippen molar-refractivity contribution in [2.24, 2.45) is 5.92 Å². The lowest BCUT2D eigenvalue weighted by Gasteiger charge is -2.43. The van der Waals surface area contributed by atoms with Crippen molar-refractivity contribution in [3.8, 4) is 0 Å². The Morgan fingerprint density at radius 1 is 0.897 bits per heavy atom. The Bertz CT molecular complexity index is 669. The summed E-state index contributed by atoms with van der Waals surface area (Å²) in [7, 11) is 0. The normalized spacial score (nSPS) is 24.3. The van der Waals surface area contributed by atoms with Crippen LogP contribution in [0.1, 0.15) is 62.5 Å². The highest BCUT2D eigenvalue weighted by Crippen LogP contribution is 2.29. The van der Waals surface area contributed by atoms with Gasteiger partial charge in [0.05, 0.1) is 0 Å². The third-order valence-electron chi connectivity index (χ3n) is 7.33. The van der Waals surface area contributed by atoms with Crippen molar-refractivity contribution in [3.05, 3.63) is 29.3 Å². The highest BCUT2D eigenvalue weighted by Gasteiger charge is 2.29. The molecule has 3 saturated heterocycles. The van der Waals surface area contributed by atoms with Crippen LogP contribution in [-0.2, 0) is 4.79 Å². The lowest BCUT2D eigenvalue weighted by Crippen LogP contribution is -2.48. The van der Waals surface area contributed by atoms with E-state index in [2.05, 4.69) is 46.7 Å². The molecule has 1 aromatic rings. The molecule has 0 saturated carbocycles. The van der Waals surface area contributed by atoms with Gasteiger partial charge in [0.25, 0.3) is 0 Å². The fourth-order valence-corrected chi connectivity index (χ4v) is 5.74. The summed E-state index contributed by atoms with van der Waals surface area (Å²) < 4.78 is 0. The second-order valence-electron chi connectivity index (χ2n) is 9.69. The maximum absolute atomic E-state index is 12.4. The molecule has 0 unspecified atom stereocenters.